The van der Waals surface area contributed by atoms with Crippen molar-refractivity contribution in [2.24, 2.45) is 0 Å². The normalized spacial score (nSPS) is 29.5. The number of hydrogen-bond donors (Lipinski definition) is 1. The van der Waals surface area contributed by atoms with Gasteiger partial charge in [-0.15, -0.1) is 12.6 Å². The Balaban J connectivity index is 2.56. The van der Waals surface area contributed by atoms with Crippen LogP contribution >= 0.6 is 12.6 Å². The van der Waals surface area contributed by atoms with Gasteiger partial charge < -0.3 is 9.64 Å². The van der Waals surface area contributed by atoms with Gasteiger partial charge in [0.05, 0.1) is 0 Å². The van der Waals surface area contributed by atoms with Gasteiger partial charge in [0.15, 0.2) is 5.56 Å². The highest BCUT2D eigenvalue weighted by Crippen LogP contribution is 2.10. The molecule has 8 heavy (non-hydrogen) atoms. The van der Waals surface area contributed by atoms with Gasteiger partial charge in [-0.3, -0.25) is 4.79 Å². The quantitative estimate of drug-likeness (QED) is 0.459. The zero-order valence-corrected chi connectivity index (χ0v) is 5.39. The first-order valence-electron chi connectivity index (χ1n) is 2.27. The van der Waals surface area contributed by atoms with Crippen molar-refractivity contribution >= 4 is 18.5 Å². The third-order valence-corrected chi connectivity index (χ3v) is 1.58. The molecule has 4 heteroatoms. The van der Waals surface area contributed by atoms with Crippen LogP contribution in [0.5, 0.6) is 0 Å². The standard InChI is InChI=1S/C4H7NO2S/c1-5-3(6)2-7-4(5)8/h4,8H,2H2,1H3. The third kappa shape index (κ3) is 0.809. The van der Waals surface area contributed by atoms with Crippen LogP contribution in [0.2, 0.25) is 0 Å². The number of thiol groups is 1. The molecule has 0 N–H and O–H groups in total. The average molecular weight is 133 g/mol. The zero-order chi connectivity index (χ0) is 6.15. The summed E-state index contributed by atoms with van der Waals surface area (Å²) in [6.07, 6.45) is 0. The second-order valence-electron chi connectivity index (χ2n) is 1.64. The van der Waals surface area contributed by atoms with E-state index in [-0.39, 0.29) is 18.1 Å². The topological polar surface area (TPSA) is 29.5 Å². The molecule has 3 nitrogen and oxygen atoms in total. The smallest absolute Gasteiger partial charge is 0.251 e. The molecule has 0 radical (unpaired) electrons. The van der Waals surface area contributed by atoms with Crippen molar-refractivity contribution < 1.29 is 9.53 Å². The summed E-state index contributed by atoms with van der Waals surface area (Å²) in [6.45, 7) is 0.171. The molecule has 0 saturated carbocycles. The van der Waals surface area contributed by atoms with E-state index < -0.39 is 0 Å². The van der Waals surface area contributed by atoms with Crippen LogP contribution in [0.15, 0.2) is 0 Å². The van der Waals surface area contributed by atoms with E-state index in [0.29, 0.717) is 0 Å². The average Bonchev–Trinajstić information content (AvgIpc) is 1.98. The lowest BCUT2D eigenvalue weighted by Crippen LogP contribution is -2.25. The van der Waals surface area contributed by atoms with Gasteiger partial charge in [0.25, 0.3) is 5.91 Å². The summed E-state index contributed by atoms with van der Waals surface area (Å²) < 4.78 is 4.82. The van der Waals surface area contributed by atoms with E-state index in [4.69, 9.17) is 4.74 Å². The Bertz CT molecular complexity index is 117. The Hall–Kier alpha value is -0.220. The molecule has 1 amide bonds. The Morgan fingerprint density at radius 3 is 2.75 bits per heavy atom. The van der Waals surface area contributed by atoms with Crippen LogP contribution < -0.4 is 0 Å². The molecule has 1 unspecified atom stereocenters. The van der Waals surface area contributed by atoms with Crippen LogP contribution in [0.25, 0.3) is 0 Å². The monoisotopic (exact) mass is 133 g/mol. The Kier molecular flexibility index (Phi) is 1.44. The van der Waals surface area contributed by atoms with Crippen molar-refractivity contribution in [1.29, 1.82) is 0 Å². The lowest BCUT2D eigenvalue weighted by molar-refractivity contribution is -0.125. The minimum absolute atomic E-state index is 0.00926. The second-order valence-corrected chi connectivity index (χ2v) is 2.08. The van der Waals surface area contributed by atoms with E-state index in [1.807, 2.05) is 0 Å². The van der Waals surface area contributed by atoms with E-state index in [2.05, 4.69) is 12.6 Å². The van der Waals surface area contributed by atoms with E-state index in [0.717, 1.165) is 0 Å². The number of rotatable bonds is 0. The molecule has 0 aromatic heterocycles. The molecule has 46 valence electrons. The summed E-state index contributed by atoms with van der Waals surface area (Å²) in [4.78, 5) is 12.0. The predicted molar refractivity (Wildman–Crippen MR) is 31.5 cm³/mol. The van der Waals surface area contributed by atoms with Gasteiger partial charge in [0.2, 0.25) is 0 Å². The highest BCUT2D eigenvalue weighted by atomic mass is 32.1. The summed E-state index contributed by atoms with van der Waals surface area (Å²) in [6, 6.07) is 0. The number of amides is 1. The third-order valence-electron chi connectivity index (χ3n) is 1.08. The van der Waals surface area contributed by atoms with Gasteiger partial charge in [-0.25, -0.2) is 0 Å². The fraction of sp³-hybridized carbons (Fsp3) is 0.750. The van der Waals surface area contributed by atoms with E-state index >= 15 is 0 Å². The Morgan fingerprint density at radius 1 is 2.00 bits per heavy atom. The summed E-state index contributed by atoms with van der Waals surface area (Å²) in [7, 11) is 1.66. The highest BCUT2D eigenvalue weighted by Gasteiger charge is 2.24. The number of hydrogen-bond acceptors (Lipinski definition) is 3. The highest BCUT2D eigenvalue weighted by molar-refractivity contribution is 7.80. The van der Waals surface area contributed by atoms with Gasteiger partial charge in [-0.05, 0) is 0 Å². The summed E-state index contributed by atoms with van der Waals surface area (Å²) in [5.41, 5.74) is -0.331. The maximum Gasteiger partial charge on any atom is 0.251 e. The van der Waals surface area contributed by atoms with Crippen LogP contribution in [0.4, 0.5) is 0 Å². The molecule has 0 spiro atoms. The van der Waals surface area contributed by atoms with Crippen molar-refractivity contribution in [1.82, 2.24) is 4.90 Å². The first-order chi connectivity index (χ1) is 3.72. The van der Waals surface area contributed by atoms with Crippen LogP contribution in [-0.4, -0.2) is 30.0 Å². The molecule has 0 bridgehead atoms. The second kappa shape index (κ2) is 1.95. The van der Waals surface area contributed by atoms with Crippen molar-refractivity contribution in [3.8, 4) is 0 Å². The SMILES string of the molecule is CN1C(=O)COC1S. The molecule has 1 aliphatic rings. The summed E-state index contributed by atoms with van der Waals surface area (Å²) in [5, 5.41) is 0. The lowest BCUT2D eigenvalue weighted by atomic mass is 10.6. The van der Waals surface area contributed by atoms with Crippen molar-refractivity contribution in [2.45, 2.75) is 5.56 Å². The fourth-order valence-electron chi connectivity index (χ4n) is 0.483. The van der Waals surface area contributed by atoms with Crippen LogP contribution in [-0.2, 0) is 9.53 Å². The zero-order valence-electron chi connectivity index (χ0n) is 4.50. The number of likely N-dealkylation sites (N-methyl/N-ethyl adjacent to an activating group) is 1. The van der Waals surface area contributed by atoms with Crippen molar-refractivity contribution in [3.63, 3.8) is 0 Å². The Morgan fingerprint density at radius 2 is 2.62 bits per heavy atom. The maximum absolute atomic E-state index is 10.5. The van der Waals surface area contributed by atoms with Crippen LogP contribution in [0.1, 0.15) is 0 Å². The molecule has 1 saturated heterocycles. The van der Waals surface area contributed by atoms with Crippen molar-refractivity contribution in [3.05, 3.63) is 0 Å². The molecule has 1 fully saturated rings. The van der Waals surface area contributed by atoms with Gasteiger partial charge >= 0.3 is 0 Å². The number of ether oxygens (including phenoxy) is 1. The van der Waals surface area contributed by atoms with Crippen LogP contribution in [0, 0.1) is 0 Å². The number of carbonyl (C=O) groups is 1. The van der Waals surface area contributed by atoms with E-state index in [1.165, 1.54) is 4.90 Å². The van der Waals surface area contributed by atoms with Crippen molar-refractivity contribution in [2.75, 3.05) is 13.7 Å². The van der Waals surface area contributed by atoms with Gasteiger partial charge in [0.1, 0.15) is 6.61 Å². The predicted octanol–water partition coefficient (Wildman–Crippen LogP) is -0.312. The van der Waals surface area contributed by atoms with Gasteiger partial charge in [-0.2, -0.15) is 0 Å². The molecule has 0 aromatic rings. The van der Waals surface area contributed by atoms with Gasteiger partial charge in [-0.1, -0.05) is 0 Å². The number of carbonyl (C=O) groups excluding carboxylic acids is 1. The fourth-order valence-corrected chi connectivity index (χ4v) is 0.686. The van der Waals surface area contributed by atoms with Crippen LogP contribution in [0.3, 0.4) is 0 Å². The first kappa shape index (κ1) is 5.91. The van der Waals surface area contributed by atoms with Gasteiger partial charge in [0, 0.05) is 7.05 Å². The molecule has 1 heterocycles. The largest absolute Gasteiger partial charge is 0.339 e. The molecule has 1 rings (SSSR count). The molecule has 1 atom stereocenters. The minimum atomic E-state index is -0.331. The minimum Gasteiger partial charge on any atom is -0.339 e. The number of nitrogens with zero attached hydrogens (tertiary/aromatic N) is 1. The molecular weight excluding hydrogens is 126 g/mol. The summed E-state index contributed by atoms with van der Waals surface area (Å²) in [5.74, 6) is -0.00926. The maximum atomic E-state index is 10.5. The molecule has 0 aromatic carbocycles. The summed E-state index contributed by atoms with van der Waals surface area (Å²) >= 11 is 3.93. The molecular formula is C4H7NO2S. The van der Waals surface area contributed by atoms with E-state index in [9.17, 15) is 4.79 Å². The lowest BCUT2D eigenvalue weighted by Gasteiger charge is -2.10. The Labute approximate surface area is 53.0 Å². The van der Waals surface area contributed by atoms with E-state index in [1.54, 1.807) is 7.05 Å². The molecule has 1 aliphatic heterocycles. The first-order valence-corrected chi connectivity index (χ1v) is 2.79. The molecule has 0 aliphatic carbocycles.